The minimum Gasteiger partial charge on any atom is -0.481 e. The second-order valence-corrected chi connectivity index (χ2v) is 7.28. The highest BCUT2D eigenvalue weighted by Gasteiger charge is 2.22. The second-order valence-electron chi connectivity index (χ2n) is 7.28. The number of carboxylic acids is 1. The molecule has 0 aliphatic heterocycles. The maximum Gasteiger partial charge on any atom is 0.310 e. The molecule has 0 radical (unpaired) electrons. The molecule has 30 heavy (non-hydrogen) atoms. The van der Waals surface area contributed by atoms with Crippen LogP contribution in [-0.2, 0) is 11.8 Å². The molecule has 0 saturated carbocycles. The maximum atomic E-state index is 14.3. The number of fused-ring (bicyclic) bond motifs is 1. The van der Waals surface area contributed by atoms with Crippen molar-refractivity contribution < 1.29 is 28.6 Å². The van der Waals surface area contributed by atoms with Gasteiger partial charge < -0.3 is 20.1 Å². The van der Waals surface area contributed by atoms with Gasteiger partial charge in [0.25, 0.3) is 5.91 Å². The minimum absolute atomic E-state index is 0.00157. The van der Waals surface area contributed by atoms with Crippen molar-refractivity contribution in [1.29, 1.82) is 0 Å². The highest BCUT2D eigenvalue weighted by atomic mass is 19.2. The van der Waals surface area contributed by atoms with Crippen molar-refractivity contribution in [1.82, 2.24) is 9.88 Å². The summed E-state index contributed by atoms with van der Waals surface area (Å²) in [5, 5.41) is 21.5. The van der Waals surface area contributed by atoms with Gasteiger partial charge in [-0.3, -0.25) is 9.59 Å². The number of nitrogens with zero attached hydrogens (tertiary/aromatic N) is 1. The van der Waals surface area contributed by atoms with E-state index in [-0.39, 0.29) is 16.6 Å². The predicted molar refractivity (Wildman–Crippen MR) is 107 cm³/mol. The molecule has 3 aromatic rings. The molecule has 158 valence electrons. The number of carboxylic acid groups (broad SMARTS) is 1. The number of carbonyl (C=O) groups is 2. The van der Waals surface area contributed by atoms with Crippen LogP contribution in [0.5, 0.6) is 0 Å². The third-order valence-electron chi connectivity index (χ3n) is 5.34. The van der Waals surface area contributed by atoms with Gasteiger partial charge in [-0.15, -0.1) is 0 Å². The van der Waals surface area contributed by atoms with E-state index in [9.17, 15) is 23.5 Å². The van der Waals surface area contributed by atoms with Gasteiger partial charge in [-0.25, -0.2) is 8.78 Å². The van der Waals surface area contributed by atoms with Crippen molar-refractivity contribution >= 4 is 22.8 Å². The highest BCUT2D eigenvalue weighted by Crippen LogP contribution is 2.27. The zero-order valence-electron chi connectivity index (χ0n) is 16.7. The fourth-order valence-corrected chi connectivity index (χ4v) is 3.37. The van der Waals surface area contributed by atoms with E-state index in [0.29, 0.717) is 16.6 Å². The Morgan fingerprint density at radius 3 is 2.27 bits per heavy atom. The van der Waals surface area contributed by atoms with Gasteiger partial charge in [0.15, 0.2) is 11.6 Å². The Labute approximate surface area is 171 Å². The van der Waals surface area contributed by atoms with Gasteiger partial charge in [-0.2, -0.15) is 0 Å². The Morgan fingerprint density at radius 1 is 1.10 bits per heavy atom. The van der Waals surface area contributed by atoms with Crippen LogP contribution in [0.4, 0.5) is 8.78 Å². The number of aliphatic carboxylic acids is 1. The molecule has 0 saturated heterocycles. The van der Waals surface area contributed by atoms with Crippen LogP contribution in [0.1, 0.15) is 46.1 Å². The van der Waals surface area contributed by atoms with Crippen LogP contribution in [0.3, 0.4) is 0 Å². The molecule has 0 fully saturated rings. The Bertz CT molecular complexity index is 1120. The molecule has 3 rings (SSSR count). The van der Waals surface area contributed by atoms with Crippen LogP contribution in [0.15, 0.2) is 36.4 Å². The number of aliphatic hydroxyl groups excluding tert-OH is 1. The molecule has 3 N–H and O–H groups in total. The van der Waals surface area contributed by atoms with Crippen LogP contribution in [0, 0.1) is 18.6 Å². The number of carbonyl (C=O) groups excluding carboxylic acids is 1. The molecular weight excluding hydrogens is 394 g/mol. The zero-order chi connectivity index (χ0) is 22.2. The van der Waals surface area contributed by atoms with E-state index < -0.39 is 42.1 Å². The fraction of sp³-hybridized carbons (Fsp3) is 0.273. The Kier molecular flexibility index (Phi) is 5.89. The molecule has 2 aromatic carbocycles. The molecule has 2 atom stereocenters. The zero-order valence-corrected chi connectivity index (χ0v) is 16.7. The Morgan fingerprint density at radius 2 is 1.70 bits per heavy atom. The first-order valence-electron chi connectivity index (χ1n) is 9.34. The van der Waals surface area contributed by atoms with Gasteiger partial charge in [0.05, 0.1) is 24.1 Å². The van der Waals surface area contributed by atoms with E-state index in [1.807, 2.05) is 0 Å². The molecule has 1 amide bonds. The van der Waals surface area contributed by atoms with E-state index in [1.165, 1.54) is 23.6 Å². The van der Waals surface area contributed by atoms with Gasteiger partial charge in [-0.1, -0.05) is 24.3 Å². The number of hydrogen-bond acceptors (Lipinski definition) is 3. The Balaban J connectivity index is 1.88. The summed E-state index contributed by atoms with van der Waals surface area (Å²) in [7, 11) is 1.57. The topological polar surface area (TPSA) is 91.6 Å². The molecule has 0 spiro atoms. The summed E-state index contributed by atoms with van der Waals surface area (Å²) < 4.78 is 29.6. The lowest BCUT2D eigenvalue weighted by molar-refractivity contribution is -0.138. The lowest BCUT2D eigenvalue weighted by Crippen LogP contribution is -2.32. The van der Waals surface area contributed by atoms with Crippen molar-refractivity contribution in [2.24, 2.45) is 7.05 Å². The predicted octanol–water partition coefficient (Wildman–Crippen LogP) is 3.42. The molecule has 8 heteroatoms. The van der Waals surface area contributed by atoms with E-state index in [2.05, 4.69) is 5.32 Å². The van der Waals surface area contributed by atoms with E-state index >= 15 is 0 Å². The van der Waals surface area contributed by atoms with Crippen molar-refractivity contribution in [3.05, 3.63) is 70.4 Å². The molecule has 1 heterocycles. The van der Waals surface area contributed by atoms with Gasteiger partial charge >= 0.3 is 5.97 Å². The lowest BCUT2D eigenvalue weighted by Gasteiger charge is -2.18. The number of aryl methyl sites for hydroxylation is 2. The van der Waals surface area contributed by atoms with Crippen LogP contribution >= 0.6 is 0 Å². The fourth-order valence-electron chi connectivity index (χ4n) is 3.37. The number of aliphatic hydroxyl groups is 1. The van der Waals surface area contributed by atoms with Crippen LogP contribution in [0.25, 0.3) is 10.9 Å². The van der Waals surface area contributed by atoms with Crippen LogP contribution in [-0.4, -0.2) is 33.3 Å². The first-order valence-corrected chi connectivity index (χ1v) is 9.34. The highest BCUT2D eigenvalue weighted by molar-refractivity contribution is 5.99. The Hall–Kier alpha value is -3.26. The summed E-state index contributed by atoms with van der Waals surface area (Å²) in [6.45, 7) is 2.61. The van der Waals surface area contributed by atoms with E-state index in [4.69, 9.17) is 5.11 Å². The van der Waals surface area contributed by atoms with E-state index in [1.54, 1.807) is 38.2 Å². The molecular formula is C22H22F2N2O4. The summed E-state index contributed by atoms with van der Waals surface area (Å²) in [5.74, 6) is -4.17. The first-order chi connectivity index (χ1) is 14.1. The number of benzene rings is 2. The molecule has 0 bridgehead atoms. The lowest BCUT2D eigenvalue weighted by atomic mass is 9.98. The molecule has 6 nitrogen and oxygen atoms in total. The monoisotopic (exact) mass is 416 g/mol. The molecule has 1 unspecified atom stereocenters. The van der Waals surface area contributed by atoms with Crippen molar-refractivity contribution in [3.63, 3.8) is 0 Å². The third-order valence-corrected chi connectivity index (χ3v) is 5.34. The standard InChI is InChI=1S/C22H22F2N2O4/c1-11-8-17-15(20(24)19(11)23)9-18(26(17)3)21(28)25-16(10-27)14-6-4-13(5-7-14)12(2)22(29)30/h4-9,12,16,27H,10H2,1-3H3,(H,25,28)(H,29,30)/t12?,16-/m1/s1. The summed E-state index contributed by atoms with van der Waals surface area (Å²) in [4.78, 5) is 23.9. The normalized spacial score (nSPS) is 13.3. The van der Waals surface area contributed by atoms with Crippen molar-refractivity contribution in [3.8, 4) is 0 Å². The third kappa shape index (κ3) is 3.78. The molecule has 1 aromatic heterocycles. The number of rotatable bonds is 6. The number of aromatic nitrogens is 1. The van der Waals surface area contributed by atoms with Gasteiger partial charge in [0, 0.05) is 12.4 Å². The van der Waals surface area contributed by atoms with Gasteiger partial charge in [0.2, 0.25) is 0 Å². The number of nitrogens with one attached hydrogen (secondary N) is 1. The van der Waals surface area contributed by atoms with Gasteiger partial charge in [0.1, 0.15) is 5.69 Å². The summed E-state index contributed by atoms with van der Waals surface area (Å²) >= 11 is 0. The number of amides is 1. The van der Waals surface area contributed by atoms with Crippen molar-refractivity contribution in [2.45, 2.75) is 25.8 Å². The van der Waals surface area contributed by atoms with Crippen molar-refractivity contribution in [2.75, 3.05) is 6.61 Å². The first kappa shape index (κ1) is 21.4. The summed E-state index contributed by atoms with van der Waals surface area (Å²) in [6, 6.07) is 8.51. The van der Waals surface area contributed by atoms with Gasteiger partial charge in [-0.05, 0) is 42.7 Å². The molecule has 0 aliphatic carbocycles. The maximum absolute atomic E-state index is 14.3. The van der Waals surface area contributed by atoms with Crippen LogP contribution in [0.2, 0.25) is 0 Å². The minimum atomic E-state index is -1.01. The largest absolute Gasteiger partial charge is 0.481 e. The smallest absolute Gasteiger partial charge is 0.310 e. The van der Waals surface area contributed by atoms with E-state index in [0.717, 1.165) is 0 Å². The quantitative estimate of drug-likeness (QED) is 0.574. The van der Waals surface area contributed by atoms with Crippen LogP contribution < -0.4 is 5.32 Å². The number of halogens is 2. The SMILES string of the molecule is Cc1cc2c(cc(C(=O)N[C@H](CO)c3ccc(C(C)C(=O)O)cc3)n2C)c(F)c1F. The number of hydrogen-bond donors (Lipinski definition) is 3. The summed E-state index contributed by atoms with van der Waals surface area (Å²) in [6.07, 6.45) is 0. The molecule has 0 aliphatic rings. The second kappa shape index (κ2) is 8.23. The average Bonchev–Trinajstić information content (AvgIpc) is 3.06. The summed E-state index contributed by atoms with van der Waals surface area (Å²) in [5.41, 5.74) is 1.81. The average molecular weight is 416 g/mol.